The first kappa shape index (κ1) is 13.3. The van der Waals surface area contributed by atoms with E-state index in [2.05, 4.69) is 5.32 Å². The van der Waals surface area contributed by atoms with Gasteiger partial charge in [-0.1, -0.05) is 12.5 Å². The Morgan fingerprint density at radius 1 is 1.39 bits per heavy atom. The maximum atomic E-state index is 13.4. The standard InChI is InChI=1S/C13H15F2NOS/c14-11-6-3-5-10(12(11)15)13(17)16-8-9-4-1-2-7-18-9/h3,5-6,9H,1-2,4,7-8H2,(H,16,17). The number of benzene rings is 1. The number of rotatable bonds is 3. The van der Waals surface area contributed by atoms with Crippen LogP contribution in [0.3, 0.4) is 0 Å². The topological polar surface area (TPSA) is 29.1 Å². The molecule has 1 heterocycles. The van der Waals surface area contributed by atoms with E-state index in [4.69, 9.17) is 0 Å². The van der Waals surface area contributed by atoms with Crippen LogP contribution in [0.1, 0.15) is 29.6 Å². The largest absolute Gasteiger partial charge is 0.351 e. The summed E-state index contributed by atoms with van der Waals surface area (Å²) in [4.78, 5) is 11.7. The van der Waals surface area contributed by atoms with E-state index in [1.54, 1.807) is 0 Å². The van der Waals surface area contributed by atoms with Crippen molar-refractivity contribution in [2.24, 2.45) is 0 Å². The van der Waals surface area contributed by atoms with Crippen LogP contribution in [0.2, 0.25) is 0 Å². The van der Waals surface area contributed by atoms with E-state index in [-0.39, 0.29) is 5.56 Å². The zero-order valence-electron chi connectivity index (χ0n) is 9.92. The Morgan fingerprint density at radius 3 is 2.94 bits per heavy atom. The third kappa shape index (κ3) is 3.22. The van der Waals surface area contributed by atoms with E-state index in [0.29, 0.717) is 11.8 Å². The van der Waals surface area contributed by atoms with Crippen molar-refractivity contribution in [3.05, 3.63) is 35.4 Å². The van der Waals surface area contributed by atoms with Gasteiger partial charge in [-0.3, -0.25) is 4.79 Å². The van der Waals surface area contributed by atoms with Gasteiger partial charge in [0.15, 0.2) is 11.6 Å². The Morgan fingerprint density at radius 2 is 2.22 bits per heavy atom. The van der Waals surface area contributed by atoms with Crippen LogP contribution >= 0.6 is 11.8 Å². The molecule has 1 unspecified atom stereocenters. The predicted octanol–water partition coefficient (Wildman–Crippen LogP) is 2.98. The highest BCUT2D eigenvalue weighted by molar-refractivity contribution is 7.99. The zero-order chi connectivity index (χ0) is 13.0. The number of carbonyl (C=O) groups is 1. The summed E-state index contributed by atoms with van der Waals surface area (Å²) in [5, 5.41) is 3.06. The second-order valence-corrected chi connectivity index (χ2v) is 5.71. The highest BCUT2D eigenvalue weighted by Crippen LogP contribution is 2.24. The molecule has 18 heavy (non-hydrogen) atoms. The Labute approximate surface area is 109 Å². The Hall–Kier alpha value is -1.10. The van der Waals surface area contributed by atoms with E-state index >= 15 is 0 Å². The molecule has 0 aliphatic carbocycles. The molecular weight excluding hydrogens is 256 g/mol. The smallest absolute Gasteiger partial charge is 0.254 e. The molecule has 1 amide bonds. The van der Waals surface area contributed by atoms with Crippen molar-refractivity contribution < 1.29 is 13.6 Å². The molecule has 0 bridgehead atoms. The van der Waals surface area contributed by atoms with Crippen molar-refractivity contribution in [1.82, 2.24) is 5.32 Å². The highest BCUT2D eigenvalue weighted by Gasteiger charge is 2.18. The van der Waals surface area contributed by atoms with Crippen molar-refractivity contribution in [1.29, 1.82) is 0 Å². The second-order valence-electron chi connectivity index (χ2n) is 4.30. The summed E-state index contributed by atoms with van der Waals surface area (Å²) in [7, 11) is 0. The average Bonchev–Trinajstić information content (AvgIpc) is 2.40. The molecule has 1 aliphatic heterocycles. The van der Waals surface area contributed by atoms with Gasteiger partial charge in [0.05, 0.1) is 5.56 Å². The lowest BCUT2D eigenvalue weighted by molar-refractivity contribution is 0.0948. The molecule has 5 heteroatoms. The van der Waals surface area contributed by atoms with E-state index in [0.717, 1.165) is 18.2 Å². The first-order valence-corrected chi connectivity index (χ1v) is 7.07. The molecule has 2 nitrogen and oxygen atoms in total. The molecule has 0 saturated carbocycles. The van der Waals surface area contributed by atoms with Crippen LogP contribution in [0, 0.1) is 11.6 Å². The molecule has 2 rings (SSSR count). The van der Waals surface area contributed by atoms with Gasteiger partial charge in [-0.2, -0.15) is 11.8 Å². The van der Waals surface area contributed by atoms with Crippen LogP contribution in [-0.2, 0) is 0 Å². The highest BCUT2D eigenvalue weighted by atomic mass is 32.2. The van der Waals surface area contributed by atoms with Gasteiger partial charge in [-0.05, 0) is 30.7 Å². The summed E-state index contributed by atoms with van der Waals surface area (Å²) in [5.41, 5.74) is -0.226. The fourth-order valence-electron chi connectivity index (χ4n) is 1.95. The zero-order valence-corrected chi connectivity index (χ0v) is 10.7. The van der Waals surface area contributed by atoms with E-state index < -0.39 is 17.5 Å². The number of carbonyl (C=O) groups excluding carboxylic acids is 1. The third-order valence-corrected chi connectivity index (χ3v) is 4.36. The molecule has 1 saturated heterocycles. The van der Waals surface area contributed by atoms with E-state index in [1.807, 2.05) is 11.8 Å². The monoisotopic (exact) mass is 271 g/mol. The van der Waals surface area contributed by atoms with Crippen molar-refractivity contribution in [3.8, 4) is 0 Å². The molecule has 1 fully saturated rings. The molecule has 1 atom stereocenters. The van der Waals surface area contributed by atoms with Crippen LogP contribution in [0.15, 0.2) is 18.2 Å². The molecule has 0 spiro atoms. The number of hydrogen-bond acceptors (Lipinski definition) is 2. The number of thioether (sulfide) groups is 1. The molecule has 1 aromatic rings. The van der Waals surface area contributed by atoms with Crippen LogP contribution in [0.5, 0.6) is 0 Å². The fraction of sp³-hybridized carbons (Fsp3) is 0.462. The maximum Gasteiger partial charge on any atom is 0.254 e. The SMILES string of the molecule is O=C(NCC1CCCCS1)c1cccc(F)c1F. The van der Waals surface area contributed by atoms with Crippen molar-refractivity contribution >= 4 is 17.7 Å². The summed E-state index contributed by atoms with van der Waals surface area (Å²) < 4.78 is 26.4. The molecule has 1 aromatic carbocycles. The van der Waals surface area contributed by atoms with Gasteiger partial charge in [-0.25, -0.2) is 8.78 Å². The van der Waals surface area contributed by atoms with Crippen LogP contribution in [0.25, 0.3) is 0 Å². The Balaban J connectivity index is 1.93. The maximum absolute atomic E-state index is 13.4. The van der Waals surface area contributed by atoms with Gasteiger partial charge in [-0.15, -0.1) is 0 Å². The molecule has 0 aromatic heterocycles. The fourth-order valence-corrected chi connectivity index (χ4v) is 3.19. The lowest BCUT2D eigenvalue weighted by Gasteiger charge is -2.21. The molecular formula is C13H15F2NOS. The molecule has 1 aliphatic rings. The second kappa shape index (κ2) is 6.18. The van der Waals surface area contributed by atoms with Gasteiger partial charge in [0, 0.05) is 11.8 Å². The van der Waals surface area contributed by atoms with Crippen molar-refractivity contribution in [2.75, 3.05) is 12.3 Å². The summed E-state index contributed by atoms with van der Waals surface area (Å²) >= 11 is 1.83. The summed E-state index contributed by atoms with van der Waals surface area (Å²) in [5.74, 6) is -1.51. The van der Waals surface area contributed by atoms with Crippen LogP contribution in [-0.4, -0.2) is 23.5 Å². The average molecular weight is 271 g/mol. The quantitative estimate of drug-likeness (QED) is 0.915. The van der Waals surface area contributed by atoms with Gasteiger partial charge in [0.2, 0.25) is 0 Å². The van der Waals surface area contributed by atoms with E-state index in [9.17, 15) is 13.6 Å². The summed E-state index contributed by atoms with van der Waals surface area (Å²) in [6.07, 6.45) is 3.45. The van der Waals surface area contributed by atoms with Gasteiger partial charge in [0.25, 0.3) is 5.91 Å². The van der Waals surface area contributed by atoms with Crippen molar-refractivity contribution in [2.45, 2.75) is 24.5 Å². The summed E-state index contributed by atoms with van der Waals surface area (Å²) in [6, 6.07) is 3.63. The van der Waals surface area contributed by atoms with Crippen molar-refractivity contribution in [3.63, 3.8) is 0 Å². The normalized spacial score (nSPS) is 19.6. The van der Waals surface area contributed by atoms with Crippen LogP contribution in [0.4, 0.5) is 8.78 Å². The Kier molecular flexibility index (Phi) is 4.58. The Bertz CT molecular complexity index is 433. The first-order valence-electron chi connectivity index (χ1n) is 6.02. The third-order valence-electron chi connectivity index (χ3n) is 2.96. The molecule has 1 N–H and O–H groups in total. The number of hydrogen-bond donors (Lipinski definition) is 1. The lowest BCUT2D eigenvalue weighted by Crippen LogP contribution is -2.32. The van der Waals surface area contributed by atoms with E-state index in [1.165, 1.54) is 25.0 Å². The minimum absolute atomic E-state index is 0.226. The first-order chi connectivity index (χ1) is 8.68. The van der Waals surface area contributed by atoms with Gasteiger partial charge >= 0.3 is 0 Å². The van der Waals surface area contributed by atoms with Crippen LogP contribution < -0.4 is 5.32 Å². The minimum Gasteiger partial charge on any atom is -0.351 e. The predicted molar refractivity (Wildman–Crippen MR) is 68.8 cm³/mol. The molecule has 0 radical (unpaired) electrons. The molecule has 98 valence electrons. The van der Waals surface area contributed by atoms with Gasteiger partial charge < -0.3 is 5.32 Å². The minimum atomic E-state index is -1.08. The van der Waals surface area contributed by atoms with Gasteiger partial charge in [0.1, 0.15) is 0 Å². The number of nitrogens with one attached hydrogen (secondary N) is 1. The number of amides is 1. The number of halogens is 2. The lowest BCUT2D eigenvalue weighted by atomic mass is 10.1. The summed E-state index contributed by atoms with van der Waals surface area (Å²) in [6.45, 7) is 0.513.